The molecule has 160 valence electrons. The van der Waals surface area contributed by atoms with Gasteiger partial charge in [-0.1, -0.05) is 43.1 Å². The molecule has 0 heterocycles. The van der Waals surface area contributed by atoms with E-state index in [1.807, 2.05) is 19.1 Å². The topological polar surface area (TPSA) is 33.7 Å². The van der Waals surface area contributed by atoms with Gasteiger partial charge in [0.05, 0.1) is 11.1 Å². The van der Waals surface area contributed by atoms with Crippen molar-refractivity contribution in [2.45, 2.75) is 33.9 Å². The Morgan fingerprint density at radius 1 is 1.03 bits per heavy atom. The van der Waals surface area contributed by atoms with Gasteiger partial charge in [0.15, 0.2) is 11.5 Å². The van der Waals surface area contributed by atoms with Crippen molar-refractivity contribution in [1.29, 1.82) is 0 Å². The first kappa shape index (κ1) is 24.3. The Bertz CT molecular complexity index is 786. The molecule has 0 unspecified atom stereocenters. The molecule has 0 saturated carbocycles. The second kappa shape index (κ2) is 12.7. The number of likely N-dealkylation sites (N-methyl/N-ethyl adjacent to an activating group) is 1. The SMILES string of the molecule is CCOc1cc(CNCCN(CC)CC)cc(Br)c1OCc1ccc(Cl)cc1Cl. The van der Waals surface area contributed by atoms with E-state index >= 15 is 0 Å². The van der Waals surface area contributed by atoms with Gasteiger partial charge in [-0.25, -0.2) is 0 Å². The average molecular weight is 504 g/mol. The Labute approximate surface area is 192 Å². The maximum Gasteiger partial charge on any atom is 0.175 e. The van der Waals surface area contributed by atoms with Crippen LogP contribution >= 0.6 is 39.1 Å². The number of nitrogens with zero attached hydrogens (tertiary/aromatic N) is 1. The minimum Gasteiger partial charge on any atom is -0.490 e. The summed E-state index contributed by atoms with van der Waals surface area (Å²) in [7, 11) is 0. The molecule has 0 radical (unpaired) electrons. The largest absolute Gasteiger partial charge is 0.490 e. The van der Waals surface area contributed by atoms with E-state index in [9.17, 15) is 0 Å². The number of hydrogen-bond acceptors (Lipinski definition) is 4. The molecule has 0 aromatic heterocycles. The molecule has 7 heteroatoms. The molecule has 0 aliphatic carbocycles. The fourth-order valence-corrected chi connectivity index (χ4v) is 3.99. The summed E-state index contributed by atoms with van der Waals surface area (Å²) < 4.78 is 12.7. The van der Waals surface area contributed by atoms with Crippen LogP contribution in [0.15, 0.2) is 34.8 Å². The van der Waals surface area contributed by atoms with Crippen LogP contribution in [-0.2, 0) is 13.2 Å². The van der Waals surface area contributed by atoms with Gasteiger partial charge in [0, 0.05) is 35.2 Å². The Morgan fingerprint density at radius 2 is 1.79 bits per heavy atom. The molecule has 2 aromatic carbocycles. The molecule has 0 atom stereocenters. The minimum atomic E-state index is 0.330. The lowest BCUT2D eigenvalue weighted by Crippen LogP contribution is -2.31. The van der Waals surface area contributed by atoms with Crippen molar-refractivity contribution in [3.05, 3.63) is 56.0 Å². The molecule has 0 spiro atoms. The molecule has 0 saturated heterocycles. The lowest BCUT2D eigenvalue weighted by atomic mass is 10.2. The molecule has 0 bridgehead atoms. The van der Waals surface area contributed by atoms with Crippen LogP contribution in [0.5, 0.6) is 11.5 Å². The standard InChI is InChI=1S/C22H29BrCl2N2O2/c1-4-27(5-2)10-9-26-14-16-11-19(23)22(21(12-16)28-6-3)29-15-17-7-8-18(24)13-20(17)25/h7-8,11-13,26H,4-6,9-10,14-15H2,1-3H3. The van der Waals surface area contributed by atoms with Gasteiger partial charge in [0.1, 0.15) is 6.61 Å². The lowest BCUT2D eigenvalue weighted by molar-refractivity contribution is 0.267. The molecule has 29 heavy (non-hydrogen) atoms. The summed E-state index contributed by atoms with van der Waals surface area (Å²) in [5.74, 6) is 1.39. The molecule has 2 rings (SSSR count). The molecular weight excluding hydrogens is 475 g/mol. The normalized spacial score (nSPS) is 11.1. The third-order valence-corrected chi connectivity index (χ3v) is 5.76. The first-order valence-electron chi connectivity index (χ1n) is 9.93. The summed E-state index contributed by atoms with van der Waals surface area (Å²) in [6.07, 6.45) is 0. The zero-order chi connectivity index (χ0) is 21.2. The number of rotatable bonds is 12. The van der Waals surface area contributed by atoms with E-state index in [-0.39, 0.29) is 0 Å². The van der Waals surface area contributed by atoms with Crippen LogP contribution < -0.4 is 14.8 Å². The van der Waals surface area contributed by atoms with Gasteiger partial charge < -0.3 is 19.7 Å². The van der Waals surface area contributed by atoms with E-state index in [2.05, 4.69) is 46.1 Å². The van der Waals surface area contributed by atoms with Crippen molar-refractivity contribution in [1.82, 2.24) is 10.2 Å². The molecule has 0 amide bonds. The van der Waals surface area contributed by atoms with E-state index in [1.54, 1.807) is 12.1 Å². The molecule has 0 aliphatic rings. The number of hydrogen-bond donors (Lipinski definition) is 1. The first-order valence-corrected chi connectivity index (χ1v) is 11.5. The van der Waals surface area contributed by atoms with E-state index in [0.717, 1.165) is 48.3 Å². The van der Waals surface area contributed by atoms with Crippen molar-refractivity contribution in [2.24, 2.45) is 0 Å². The zero-order valence-corrected chi connectivity index (χ0v) is 20.3. The predicted molar refractivity (Wildman–Crippen MR) is 126 cm³/mol. The predicted octanol–water partition coefficient (Wildman–Crippen LogP) is 6.17. The van der Waals surface area contributed by atoms with Crippen molar-refractivity contribution in [2.75, 3.05) is 32.8 Å². The van der Waals surface area contributed by atoms with Crippen LogP contribution in [0.4, 0.5) is 0 Å². The third kappa shape index (κ3) is 7.65. The Balaban J connectivity index is 2.04. The molecule has 0 aliphatic heterocycles. The zero-order valence-electron chi connectivity index (χ0n) is 17.2. The quantitative estimate of drug-likeness (QED) is 0.351. The summed E-state index contributed by atoms with van der Waals surface area (Å²) in [5, 5.41) is 4.69. The smallest absolute Gasteiger partial charge is 0.175 e. The molecule has 1 N–H and O–H groups in total. The highest BCUT2D eigenvalue weighted by Crippen LogP contribution is 2.38. The van der Waals surface area contributed by atoms with Gasteiger partial charge in [-0.05, 0) is 65.8 Å². The summed E-state index contributed by atoms with van der Waals surface area (Å²) >= 11 is 15.9. The molecule has 0 fully saturated rings. The maximum atomic E-state index is 6.26. The number of ether oxygens (including phenoxy) is 2. The van der Waals surface area contributed by atoms with Gasteiger partial charge in [0.25, 0.3) is 0 Å². The van der Waals surface area contributed by atoms with E-state index in [0.29, 0.717) is 34.8 Å². The van der Waals surface area contributed by atoms with Gasteiger partial charge >= 0.3 is 0 Å². The van der Waals surface area contributed by atoms with Crippen LogP contribution in [0.25, 0.3) is 0 Å². The third-order valence-electron chi connectivity index (χ3n) is 4.58. The van der Waals surface area contributed by atoms with Gasteiger partial charge in [-0.2, -0.15) is 0 Å². The van der Waals surface area contributed by atoms with Crippen LogP contribution in [0, 0.1) is 0 Å². The fraction of sp³-hybridized carbons (Fsp3) is 0.455. The van der Waals surface area contributed by atoms with Crippen LogP contribution in [-0.4, -0.2) is 37.7 Å². The Hall–Kier alpha value is -0.980. The number of halogens is 3. The molecule has 2 aromatic rings. The molecular formula is C22H29BrCl2N2O2. The summed E-state index contributed by atoms with van der Waals surface area (Å²) in [5.41, 5.74) is 2.00. The second-order valence-electron chi connectivity index (χ2n) is 6.57. The minimum absolute atomic E-state index is 0.330. The van der Waals surface area contributed by atoms with Gasteiger partial charge in [0.2, 0.25) is 0 Å². The van der Waals surface area contributed by atoms with Crippen molar-refractivity contribution in [3.8, 4) is 11.5 Å². The summed E-state index contributed by atoms with van der Waals surface area (Å²) in [6.45, 7) is 12.1. The van der Waals surface area contributed by atoms with Crippen molar-refractivity contribution < 1.29 is 9.47 Å². The summed E-state index contributed by atoms with van der Waals surface area (Å²) in [6, 6.07) is 9.47. The highest BCUT2D eigenvalue weighted by atomic mass is 79.9. The highest BCUT2D eigenvalue weighted by molar-refractivity contribution is 9.10. The van der Waals surface area contributed by atoms with Crippen LogP contribution in [0.1, 0.15) is 31.9 Å². The monoisotopic (exact) mass is 502 g/mol. The average Bonchev–Trinajstić information content (AvgIpc) is 2.69. The highest BCUT2D eigenvalue weighted by Gasteiger charge is 2.14. The van der Waals surface area contributed by atoms with Crippen LogP contribution in [0.2, 0.25) is 10.0 Å². The Kier molecular flexibility index (Phi) is 10.6. The van der Waals surface area contributed by atoms with Gasteiger partial charge in [-0.15, -0.1) is 0 Å². The molecule has 4 nitrogen and oxygen atoms in total. The van der Waals surface area contributed by atoms with Crippen LogP contribution in [0.3, 0.4) is 0 Å². The van der Waals surface area contributed by atoms with E-state index < -0.39 is 0 Å². The van der Waals surface area contributed by atoms with Crippen molar-refractivity contribution in [3.63, 3.8) is 0 Å². The fourth-order valence-electron chi connectivity index (χ4n) is 2.92. The van der Waals surface area contributed by atoms with Crippen molar-refractivity contribution >= 4 is 39.1 Å². The second-order valence-corrected chi connectivity index (χ2v) is 8.26. The number of nitrogens with one attached hydrogen (secondary N) is 1. The Morgan fingerprint density at radius 3 is 2.45 bits per heavy atom. The van der Waals surface area contributed by atoms with Gasteiger partial charge in [-0.3, -0.25) is 0 Å². The lowest BCUT2D eigenvalue weighted by Gasteiger charge is -2.19. The number of benzene rings is 2. The summed E-state index contributed by atoms with van der Waals surface area (Å²) in [4.78, 5) is 2.40. The van der Waals surface area contributed by atoms with E-state index in [4.69, 9.17) is 32.7 Å². The van der Waals surface area contributed by atoms with E-state index in [1.165, 1.54) is 0 Å². The maximum absolute atomic E-state index is 6.26. The first-order chi connectivity index (χ1) is 14.0.